The maximum absolute atomic E-state index is 13.6. The molecule has 166 valence electrons. The third-order valence-corrected chi connectivity index (χ3v) is 6.31. The summed E-state index contributed by atoms with van der Waals surface area (Å²) in [5, 5.41) is 3.72. The number of nitrogens with zero attached hydrogens (tertiary/aromatic N) is 1. The number of carbonyl (C=O) groups excluding carboxylic acids is 2. The van der Waals surface area contributed by atoms with Gasteiger partial charge in [-0.25, -0.2) is 0 Å². The summed E-state index contributed by atoms with van der Waals surface area (Å²) in [6, 6.07) is 17.7. The average Bonchev–Trinajstić information content (AvgIpc) is 3.50. The highest BCUT2D eigenvalue weighted by atomic mass is 35.5. The maximum Gasteiger partial charge on any atom is 0.290 e. The minimum absolute atomic E-state index is 0.135. The van der Waals surface area contributed by atoms with Crippen LogP contribution >= 0.6 is 11.6 Å². The van der Waals surface area contributed by atoms with Gasteiger partial charge in [-0.15, -0.1) is 0 Å². The Morgan fingerprint density at radius 1 is 1.06 bits per heavy atom. The van der Waals surface area contributed by atoms with Crippen molar-refractivity contribution in [1.82, 2.24) is 10.2 Å². The molecule has 1 aromatic heterocycles. The number of nitrogens with one attached hydrogen (secondary N) is 1. The van der Waals surface area contributed by atoms with Crippen molar-refractivity contribution >= 4 is 23.4 Å². The second-order valence-electron chi connectivity index (χ2n) is 8.30. The lowest BCUT2D eigenvalue weighted by Crippen LogP contribution is -2.45. The van der Waals surface area contributed by atoms with Gasteiger partial charge in [-0.2, -0.15) is 0 Å². The van der Waals surface area contributed by atoms with E-state index in [1.165, 1.54) is 6.26 Å². The Balaban J connectivity index is 1.75. The van der Waals surface area contributed by atoms with Crippen molar-refractivity contribution in [3.8, 4) is 0 Å². The van der Waals surface area contributed by atoms with E-state index in [0.717, 1.165) is 42.4 Å². The summed E-state index contributed by atoms with van der Waals surface area (Å²) in [5.74, 6) is -0.363. The fraction of sp³-hybridized carbons (Fsp3) is 0.308. The van der Waals surface area contributed by atoms with Crippen LogP contribution in [-0.4, -0.2) is 22.8 Å². The van der Waals surface area contributed by atoms with Crippen molar-refractivity contribution in [2.45, 2.75) is 51.2 Å². The van der Waals surface area contributed by atoms with E-state index in [4.69, 9.17) is 16.0 Å². The van der Waals surface area contributed by atoms with Crippen LogP contribution in [0.4, 0.5) is 0 Å². The molecule has 3 aromatic rings. The van der Waals surface area contributed by atoms with Gasteiger partial charge in [-0.3, -0.25) is 9.59 Å². The third-order valence-electron chi connectivity index (χ3n) is 5.95. The molecule has 5 nitrogen and oxygen atoms in total. The van der Waals surface area contributed by atoms with Crippen LogP contribution in [0.25, 0.3) is 0 Å². The van der Waals surface area contributed by atoms with E-state index in [2.05, 4.69) is 5.32 Å². The lowest BCUT2D eigenvalue weighted by atomic mass is 10.0. The predicted molar refractivity (Wildman–Crippen MR) is 124 cm³/mol. The first kappa shape index (κ1) is 22.2. The molecule has 1 aliphatic carbocycles. The third kappa shape index (κ3) is 5.05. The van der Waals surface area contributed by atoms with Gasteiger partial charge in [0, 0.05) is 17.6 Å². The Bertz CT molecular complexity index is 1060. The molecule has 32 heavy (non-hydrogen) atoms. The van der Waals surface area contributed by atoms with E-state index >= 15 is 0 Å². The zero-order chi connectivity index (χ0) is 22.5. The summed E-state index contributed by atoms with van der Waals surface area (Å²) < 4.78 is 5.41. The molecule has 0 saturated heterocycles. The number of rotatable bonds is 7. The monoisotopic (exact) mass is 450 g/mol. The SMILES string of the molecule is Cc1ccc(C(C(=O)NC2CCCC2)N(Cc2ccccc2Cl)C(=O)c2ccco2)cc1. The van der Waals surface area contributed by atoms with Gasteiger partial charge < -0.3 is 14.6 Å². The molecule has 0 radical (unpaired) electrons. The van der Waals surface area contributed by atoms with Crippen molar-refractivity contribution in [1.29, 1.82) is 0 Å². The number of furan rings is 1. The van der Waals surface area contributed by atoms with Crippen molar-refractivity contribution in [3.63, 3.8) is 0 Å². The number of hydrogen-bond acceptors (Lipinski definition) is 3. The van der Waals surface area contributed by atoms with E-state index < -0.39 is 6.04 Å². The minimum Gasteiger partial charge on any atom is -0.459 e. The van der Waals surface area contributed by atoms with Crippen molar-refractivity contribution in [2.24, 2.45) is 0 Å². The highest BCUT2D eigenvalue weighted by molar-refractivity contribution is 6.31. The van der Waals surface area contributed by atoms with Gasteiger partial charge in [-0.05, 0) is 49.1 Å². The van der Waals surface area contributed by atoms with Crippen LogP contribution in [0.5, 0.6) is 0 Å². The molecule has 6 heteroatoms. The van der Waals surface area contributed by atoms with E-state index in [1.54, 1.807) is 23.1 Å². The van der Waals surface area contributed by atoms with Gasteiger partial charge >= 0.3 is 0 Å². The van der Waals surface area contributed by atoms with Gasteiger partial charge in [-0.1, -0.05) is 72.5 Å². The van der Waals surface area contributed by atoms with Gasteiger partial charge in [0.05, 0.1) is 6.26 Å². The standard InChI is InChI=1S/C26H27ClN2O3/c1-18-12-14-19(15-13-18)24(25(30)28-21-8-3-4-9-21)29(26(31)23-11-6-16-32-23)17-20-7-2-5-10-22(20)27/h2,5-7,10-16,21,24H,3-4,8-9,17H2,1H3,(H,28,30). The molecule has 0 spiro atoms. The summed E-state index contributed by atoms with van der Waals surface area (Å²) in [6.45, 7) is 2.17. The Morgan fingerprint density at radius 3 is 2.44 bits per heavy atom. The molecule has 1 atom stereocenters. The summed E-state index contributed by atoms with van der Waals surface area (Å²) in [6.07, 6.45) is 5.59. The van der Waals surface area contributed by atoms with Gasteiger partial charge in [0.25, 0.3) is 5.91 Å². The molecule has 1 N–H and O–H groups in total. The van der Waals surface area contributed by atoms with Crippen LogP contribution in [0.2, 0.25) is 5.02 Å². The van der Waals surface area contributed by atoms with E-state index in [1.807, 2.05) is 49.4 Å². The zero-order valence-corrected chi connectivity index (χ0v) is 18.8. The summed E-state index contributed by atoms with van der Waals surface area (Å²) in [4.78, 5) is 28.7. The Kier molecular flexibility index (Phi) is 6.96. The molecule has 1 saturated carbocycles. The highest BCUT2D eigenvalue weighted by Gasteiger charge is 2.35. The quantitative estimate of drug-likeness (QED) is 0.503. The number of carbonyl (C=O) groups is 2. The molecular weight excluding hydrogens is 424 g/mol. The molecule has 2 aromatic carbocycles. The van der Waals surface area contributed by atoms with E-state index in [9.17, 15) is 9.59 Å². The number of amides is 2. The number of halogens is 1. The molecule has 0 bridgehead atoms. The smallest absolute Gasteiger partial charge is 0.290 e. The molecule has 1 heterocycles. The van der Waals surface area contributed by atoms with Crippen LogP contribution in [0.15, 0.2) is 71.3 Å². The van der Waals surface area contributed by atoms with Gasteiger partial charge in [0.2, 0.25) is 5.91 Å². The summed E-state index contributed by atoms with van der Waals surface area (Å²) in [7, 11) is 0. The maximum atomic E-state index is 13.6. The fourth-order valence-electron chi connectivity index (χ4n) is 4.20. The summed E-state index contributed by atoms with van der Waals surface area (Å²) in [5.41, 5.74) is 2.59. The Labute approximate surface area is 193 Å². The Hall–Kier alpha value is -3.05. The lowest BCUT2D eigenvalue weighted by Gasteiger charge is -2.32. The number of benzene rings is 2. The van der Waals surface area contributed by atoms with Crippen LogP contribution < -0.4 is 5.32 Å². The van der Waals surface area contributed by atoms with E-state index in [-0.39, 0.29) is 30.2 Å². The molecule has 4 rings (SSSR count). The van der Waals surface area contributed by atoms with Gasteiger partial charge in [0.1, 0.15) is 6.04 Å². The van der Waals surface area contributed by atoms with Crippen LogP contribution in [-0.2, 0) is 11.3 Å². The van der Waals surface area contributed by atoms with Crippen molar-refractivity contribution in [2.75, 3.05) is 0 Å². The first-order chi connectivity index (χ1) is 15.5. The molecule has 1 unspecified atom stereocenters. The molecule has 1 aliphatic rings. The second kappa shape index (κ2) is 10.0. The minimum atomic E-state index is -0.815. The number of hydrogen-bond donors (Lipinski definition) is 1. The van der Waals surface area contributed by atoms with Crippen LogP contribution in [0.1, 0.15) is 59.0 Å². The van der Waals surface area contributed by atoms with Crippen LogP contribution in [0.3, 0.4) is 0 Å². The normalized spacial score (nSPS) is 14.8. The largest absolute Gasteiger partial charge is 0.459 e. The highest BCUT2D eigenvalue weighted by Crippen LogP contribution is 2.29. The predicted octanol–water partition coefficient (Wildman–Crippen LogP) is 5.68. The molecular formula is C26H27ClN2O3. The number of aryl methyl sites for hydroxylation is 1. The first-order valence-electron chi connectivity index (χ1n) is 11.0. The first-order valence-corrected chi connectivity index (χ1v) is 11.4. The van der Waals surface area contributed by atoms with Crippen molar-refractivity contribution < 1.29 is 14.0 Å². The van der Waals surface area contributed by atoms with Gasteiger partial charge in [0.15, 0.2) is 5.76 Å². The Morgan fingerprint density at radius 2 is 1.78 bits per heavy atom. The fourth-order valence-corrected chi connectivity index (χ4v) is 4.40. The second-order valence-corrected chi connectivity index (χ2v) is 8.71. The van der Waals surface area contributed by atoms with E-state index in [0.29, 0.717) is 5.02 Å². The van der Waals surface area contributed by atoms with Crippen molar-refractivity contribution in [3.05, 3.63) is 94.4 Å². The molecule has 1 fully saturated rings. The molecule has 2 amide bonds. The zero-order valence-electron chi connectivity index (χ0n) is 18.1. The lowest BCUT2D eigenvalue weighted by molar-refractivity contribution is -0.126. The van der Waals surface area contributed by atoms with Crippen LogP contribution in [0, 0.1) is 6.92 Å². The summed E-state index contributed by atoms with van der Waals surface area (Å²) >= 11 is 6.42. The molecule has 0 aliphatic heterocycles. The average molecular weight is 451 g/mol. The topological polar surface area (TPSA) is 62.6 Å².